The Bertz CT molecular complexity index is 526. The number of imidazole rings is 1. The van der Waals surface area contributed by atoms with E-state index >= 15 is 0 Å². The van der Waals surface area contributed by atoms with E-state index in [2.05, 4.69) is 46.1 Å². The average molecular weight is 275 g/mol. The fourth-order valence-corrected chi connectivity index (χ4v) is 2.22. The number of nitrogens with one attached hydrogen (secondary N) is 1. The molecule has 0 aliphatic rings. The minimum absolute atomic E-state index is 0.832. The van der Waals surface area contributed by atoms with Gasteiger partial charge >= 0.3 is 0 Å². The fraction of sp³-hybridized carbons (Fsp3) is 0.600. The Balaban J connectivity index is 1.90. The minimum Gasteiger partial charge on any atom is -0.331 e. The van der Waals surface area contributed by atoms with Crippen molar-refractivity contribution in [3.05, 3.63) is 35.7 Å². The van der Waals surface area contributed by atoms with Crippen LogP contribution in [-0.2, 0) is 26.4 Å². The average Bonchev–Trinajstić information content (AvgIpc) is 3.03. The van der Waals surface area contributed by atoms with E-state index in [0.29, 0.717) is 0 Å². The van der Waals surface area contributed by atoms with E-state index < -0.39 is 0 Å². The summed E-state index contributed by atoms with van der Waals surface area (Å²) in [5.74, 6) is 0. The van der Waals surface area contributed by atoms with Gasteiger partial charge in [0.05, 0.1) is 30.0 Å². The second-order valence-electron chi connectivity index (χ2n) is 5.14. The maximum atomic E-state index is 4.48. The smallest absolute Gasteiger partial charge is 0.0953 e. The summed E-state index contributed by atoms with van der Waals surface area (Å²) in [5.41, 5.74) is 3.51. The number of rotatable bonds is 8. The topological polar surface area (TPSA) is 47.7 Å². The molecule has 0 aromatic carbocycles. The van der Waals surface area contributed by atoms with Crippen LogP contribution in [0.3, 0.4) is 0 Å². The van der Waals surface area contributed by atoms with Crippen LogP contribution >= 0.6 is 0 Å². The Kier molecular flexibility index (Phi) is 5.35. The predicted octanol–water partition coefficient (Wildman–Crippen LogP) is 1.77. The highest BCUT2D eigenvalue weighted by molar-refractivity contribution is 5.11. The van der Waals surface area contributed by atoms with Gasteiger partial charge in [0.1, 0.15) is 0 Å². The van der Waals surface area contributed by atoms with Crippen LogP contribution in [0.15, 0.2) is 18.6 Å². The number of hydrogen-bond acceptors (Lipinski definition) is 3. The molecule has 0 aliphatic carbocycles. The van der Waals surface area contributed by atoms with Crippen LogP contribution < -0.4 is 5.32 Å². The molecule has 0 saturated heterocycles. The third-order valence-corrected chi connectivity index (χ3v) is 3.41. The molecule has 5 heteroatoms. The molecule has 0 saturated carbocycles. The minimum atomic E-state index is 0.832. The first-order valence-electron chi connectivity index (χ1n) is 7.46. The SMILES string of the molecule is CCCNCCc1cn(Cc2cc(CC)nn2C)cn1. The first-order chi connectivity index (χ1) is 9.72. The summed E-state index contributed by atoms with van der Waals surface area (Å²) in [6.45, 7) is 7.22. The van der Waals surface area contributed by atoms with Crippen molar-refractivity contribution in [3.8, 4) is 0 Å². The first kappa shape index (κ1) is 14.8. The lowest BCUT2D eigenvalue weighted by Crippen LogP contribution is -2.17. The van der Waals surface area contributed by atoms with E-state index in [4.69, 9.17) is 0 Å². The van der Waals surface area contributed by atoms with E-state index in [1.807, 2.05) is 18.1 Å². The number of nitrogens with zero attached hydrogens (tertiary/aromatic N) is 4. The summed E-state index contributed by atoms with van der Waals surface area (Å²) < 4.78 is 4.09. The molecule has 2 rings (SSSR count). The zero-order valence-electron chi connectivity index (χ0n) is 12.8. The summed E-state index contributed by atoms with van der Waals surface area (Å²) in [4.78, 5) is 4.46. The monoisotopic (exact) mass is 275 g/mol. The van der Waals surface area contributed by atoms with Gasteiger partial charge in [-0.05, 0) is 25.5 Å². The zero-order valence-corrected chi connectivity index (χ0v) is 12.8. The Morgan fingerprint density at radius 1 is 1.20 bits per heavy atom. The van der Waals surface area contributed by atoms with Gasteiger partial charge < -0.3 is 9.88 Å². The Morgan fingerprint density at radius 2 is 2.05 bits per heavy atom. The van der Waals surface area contributed by atoms with Gasteiger partial charge in [0.15, 0.2) is 0 Å². The highest BCUT2D eigenvalue weighted by atomic mass is 15.3. The largest absolute Gasteiger partial charge is 0.331 e. The number of aromatic nitrogens is 4. The van der Waals surface area contributed by atoms with Gasteiger partial charge in [-0.2, -0.15) is 5.10 Å². The van der Waals surface area contributed by atoms with Crippen molar-refractivity contribution in [3.63, 3.8) is 0 Å². The molecular weight excluding hydrogens is 250 g/mol. The highest BCUT2D eigenvalue weighted by Gasteiger charge is 2.05. The Hall–Kier alpha value is -1.62. The van der Waals surface area contributed by atoms with Crippen LogP contribution in [-0.4, -0.2) is 32.4 Å². The lowest BCUT2D eigenvalue weighted by atomic mass is 10.3. The lowest BCUT2D eigenvalue weighted by molar-refractivity contribution is 0.657. The molecule has 2 aromatic rings. The summed E-state index contributed by atoms with van der Waals surface area (Å²) >= 11 is 0. The van der Waals surface area contributed by atoms with Crippen LogP contribution in [0.4, 0.5) is 0 Å². The molecule has 2 heterocycles. The normalized spacial score (nSPS) is 11.2. The van der Waals surface area contributed by atoms with E-state index in [-0.39, 0.29) is 0 Å². The molecule has 110 valence electrons. The molecular formula is C15H25N5. The molecule has 20 heavy (non-hydrogen) atoms. The van der Waals surface area contributed by atoms with Crippen molar-refractivity contribution < 1.29 is 0 Å². The summed E-state index contributed by atoms with van der Waals surface area (Å²) in [6, 6.07) is 2.17. The van der Waals surface area contributed by atoms with Crippen molar-refractivity contribution in [1.29, 1.82) is 0 Å². The van der Waals surface area contributed by atoms with Crippen molar-refractivity contribution >= 4 is 0 Å². The Morgan fingerprint density at radius 3 is 2.75 bits per heavy atom. The molecule has 0 aliphatic heterocycles. The molecule has 0 bridgehead atoms. The maximum absolute atomic E-state index is 4.48. The summed E-state index contributed by atoms with van der Waals surface area (Å²) in [6.07, 6.45) is 7.18. The van der Waals surface area contributed by atoms with Crippen molar-refractivity contribution in [2.75, 3.05) is 13.1 Å². The van der Waals surface area contributed by atoms with E-state index in [0.717, 1.165) is 43.9 Å². The van der Waals surface area contributed by atoms with Crippen molar-refractivity contribution in [2.24, 2.45) is 7.05 Å². The van der Waals surface area contributed by atoms with E-state index in [9.17, 15) is 0 Å². The molecule has 0 fully saturated rings. The highest BCUT2D eigenvalue weighted by Crippen LogP contribution is 2.07. The fourth-order valence-electron chi connectivity index (χ4n) is 2.22. The number of hydrogen-bond donors (Lipinski definition) is 1. The van der Waals surface area contributed by atoms with Gasteiger partial charge in [-0.25, -0.2) is 4.98 Å². The molecule has 0 radical (unpaired) electrons. The zero-order chi connectivity index (χ0) is 14.4. The van der Waals surface area contributed by atoms with Gasteiger partial charge in [-0.1, -0.05) is 13.8 Å². The summed E-state index contributed by atoms with van der Waals surface area (Å²) in [7, 11) is 2.00. The molecule has 0 spiro atoms. The predicted molar refractivity (Wildman–Crippen MR) is 80.8 cm³/mol. The summed E-state index contributed by atoms with van der Waals surface area (Å²) in [5, 5.41) is 7.87. The van der Waals surface area contributed by atoms with Gasteiger partial charge in [0.25, 0.3) is 0 Å². The van der Waals surface area contributed by atoms with E-state index in [1.54, 1.807) is 0 Å². The molecule has 2 aromatic heterocycles. The third-order valence-electron chi connectivity index (χ3n) is 3.41. The molecule has 5 nitrogen and oxygen atoms in total. The Labute approximate surface area is 121 Å². The van der Waals surface area contributed by atoms with Crippen LogP contribution in [0.25, 0.3) is 0 Å². The first-order valence-corrected chi connectivity index (χ1v) is 7.46. The maximum Gasteiger partial charge on any atom is 0.0953 e. The van der Waals surface area contributed by atoms with Crippen LogP contribution in [0.2, 0.25) is 0 Å². The van der Waals surface area contributed by atoms with Gasteiger partial charge in [-0.3, -0.25) is 4.68 Å². The van der Waals surface area contributed by atoms with Gasteiger partial charge in [0.2, 0.25) is 0 Å². The van der Waals surface area contributed by atoms with Gasteiger partial charge in [-0.15, -0.1) is 0 Å². The van der Waals surface area contributed by atoms with Crippen LogP contribution in [0.5, 0.6) is 0 Å². The van der Waals surface area contributed by atoms with Crippen LogP contribution in [0, 0.1) is 0 Å². The number of aryl methyl sites for hydroxylation is 2. The second kappa shape index (κ2) is 7.24. The van der Waals surface area contributed by atoms with Gasteiger partial charge in [0, 0.05) is 26.2 Å². The molecule has 0 atom stereocenters. The quantitative estimate of drug-likeness (QED) is 0.747. The second-order valence-corrected chi connectivity index (χ2v) is 5.14. The molecule has 1 N–H and O–H groups in total. The van der Waals surface area contributed by atoms with E-state index in [1.165, 1.54) is 12.1 Å². The van der Waals surface area contributed by atoms with Crippen molar-refractivity contribution in [1.82, 2.24) is 24.6 Å². The molecule has 0 amide bonds. The lowest BCUT2D eigenvalue weighted by Gasteiger charge is -2.02. The third kappa shape index (κ3) is 3.93. The standard InChI is InChI=1S/C15H25N5/c1-4-7-16-8-6-14-10-20(12-17-14)11-15-9-13(5-2)18-19(15)3/h9-10,12,16H,4-8,11H2,1-3H3. The molecule has 0 unspecified atom stereocenters. The van der Waals surface area contributed by atoms with Crippen molar-refractivity contribution in [2.45, 2.75) is 39.7 Å². The van der Waals surface area contributed by atoms with Crippen LogP contribution in [0.1, 0.15) is 37.4 Å².